The van der Waals surface area contributed by atoms with Gasteiger partial charge < -0.3 is 15.4 Å². The Balaban J connectivity index is 1.44. The average molecular weight is 391 g/mol. The quantitative estimate of drug-likeness (QED) is 0.668. The minimum Gasteiger partial charge on any atom is -0.376 e. The maximum Gasteiger partial charge on any atom is 0.252 e. The van der Waals surface area contributed by atoms with Crippen LogP contribution in [0.25, 0.3) is 0 Å². The van der Waals surface area contributed by atoms with E-state index >= 15 is 0 Å². The predicted molar refractivity (Wildman–Crippen MR) is 108 cm³/mol. The van der Waals surface area contributed by atoms with Crippen LogP contribution in [0, 0.1) is 5.92 Å². The van der Waals surface area contributed by atoms with Gasteiger partial charge in [-0.05, 0) is 43.7 Å². The summed E-state index contributed by atoms with van der Waals surface area (Å²) in [6.45, 7) is 2.10. The first-order valence-electron chi connectivity index (χ1n) is 10.1. The van der Waals surface area contributed by atoms with Crippen molar-refractivity contribution in [2.45, 2.75) is 55.9 Å². The van der Waals surface area contributed by atoms with Gasteiger partial charge >= 0.3 is 0 Å². The molecule has 0 aromatic heterocycles. The van der Waals surface area contributed by atoms with Crippen LogP contribution in [0.5, 0.6) is 0 Å². The number of ether oxygens (including phenoxy) is 1. The summed E-state index contributed by atoms with van der Waals surface area (Å²) in [5.74, 6) is 0.905. The van der Waals surface area contributed by atoms with Crippen LogP contribution in [0.3, 0.4) is 0 Å². The lowest BCUT2D eigenvalue weighted by Crippen LogP contribution is -2.32. The number of amides is 2. The normalized spacial score (nSPS) is 20.4. The summed E-state index contributed by atoms with van der Waals surface area (Å²) in [4.78, 5) is 25.6. The molecule has 27 heavy (non-hydrogen) atoms. The van der Waals surface area contributed by atoms with E-state index in [1.807, 2.05) is 24.3 Å². The Labute approximate surface area is 166 Å². The van der Waals surface area contributed by atoms with E-state index in [9.17, 15) is 9.59 Å². The van der Waals surface area contributed by atoms with Crippen molar-refractivity contribution < 1.29 is 14.3 Å². The molecule has 1 aromatic rings. The highest BCUT2D eigenvalue weighted by Crippen LogP contribution is 2.24. The van der Waals surface area contributed by atoms with Gasteiger partial charge in [0.05, 0.1) is 17.4 Å². The van der Waals surface area contributed by atoms with Crippen LogP contribution in [0.1, 0.15) is 55.3 Å². The lowest BCUT2D eigenvalue weighted by Gasteiger charge is -2.21. The van der Waals surface area contributed by atoms with Crippen molar-refractivity contribution in [1.29, 1.82) is 0 Å². The summed E-state index contributed by atoms with van der Waals surface area (Å²) in [6, 6.07) is 7.47. The van der Waals surface area contributed by atoms with E-state index in [4.69, 9.17) is 4.74 Å². The molecule has 3 rings (SSSR count). The van der Waals surface area contributed by atoms with Gasteiger partial charge in [-0.2, -0.15) is 0 Å². The molecule has 2 fully saturated rings. The van der Waals surface area contributed by atoms with Crippen LogP contribution in [0.2, 0.25) is 0 Å². The summed E-state index contributed by atoms with van der Waals surface area (Å²) in [7, 11) is 0. The van der Waals surface area contributed by atoms with Gasteiger partial charge in [0.25, 0.3) is 5.91 Å². The van der Waals surface area contributed by atoms with E-state index in [0.29, 0.717) is 23.8 Å². The van der Waals surface area contributed by atoms with Crippen LogP contribution in [-0.2, 0) is 9.53 Å². The fraction of sp³-hybridized carbons (Fsp3) is 0.619. The van der Waals surface area contributed by atoms with Crippen LogP contribution < -0.4 is 10.6 Å². The van der Waals surface area contributed by atoms with E-state index in [1.165, 1.54) is 43.9 Å². The molecule has 2 amide bonds. The van der Waals surface area contributed by atoms with Crippen LogP contribution in [0.15, 0.2) is 29.2 Å². The van der Waals surface area contributed by atoms with E-state index < -0.39 is 0 Å². The molecule has 1 aromatic carbocycles. The zero-order chi connectivity index (χ0) is 18.9. The number of carbonyl (C=O) groups is 2. The highest BCUT2D eigenvalue weighted by Gasteiger charge is 2.19. The molecule has 5 nitrogen and oxygen atoms in total. The second-order valence-electron chi connectivity index (χ2n) is 7.44. The third-order valence-electron chi connectivity index (χ3n) is 5.32. The van der Waals surface area contributed by atoms with Crippen LogP contribution >= 0.6 is 11.8 Å². The zero-order valence-corrected chi connectivity index (χ0v) is 16.7. The summed E-state index contributed by atoms with van der Waals surface area (Å²) in [5.41, 5.74) is 0.626. The molecule has 0 spiro atoms. The first kappa shape index (κ1) is 20.2. The third-order valence-corrected chi connectivity index (χ3v) is 6.39. The van der Waals surface area contributed by atoms with Gasteiger partial charge in [-0.15, -0.1) is 11.8 Å². The first-order chi connectivity index (χ1) is 13.2. The van der Waals surface area contributed by atoms with Gasteiger partial charge in [-0.1, -0.05) is 31.4 Å². The summed E-state index contributed by atoms with van der Waals surface area (Å²) >= 11 is 1.42. The molecule has 1 heterocycles. The highest BCUT2D eigenvalue weighted by molar-refractivity contribution is 8.00. The van der Waals surface area contributed by atoms with Crippen molar-refractivity contribution >= 4 is 23.6 Å². The van der Waals surface area contributed by atoms with Gasteiger partial charge in [0.2, 0.25) is 5.91 Å². The predicted octanol–water partition coefficient (Wildman–Crippen LogP) is 3.38. The van der Waals surface area contributed by atoms with Gasteiger partial charge in [0, 0.05) is 24.6 Å². The number of benzene rings is 1. The molecule has 0 radical (unpaired) electrons. The molecule has 1 saturated heterocycles. The number of nitrogens with one attached hydrogen (secondary N) is 2. The first-order valence-corrected chi connectivity index (χ1v) is 11.1. The Morgan fingerprint density at radius 2 is 1.81 bits per heavy atom. The third kappa shape index (κ3) is 6.54. The van der Waals surface area contributed by atoms with Gasteiger partial charge in [-0.25, -0.2) is 0 Å². The number of thioether (sulfide) groups is 1. The molecule has 2 N–H and O–H groups in total. The Hall–Kier alpha value is -1.53. The Morgan fingerprint density at radius 1 is 1.00 bits per heavy atom. The van der Waals surface area contributed by atoms with Crippen LogP contribution in [0.4, 0.5) is 0 Å². The Bertz CT molecular complexity index is 626. The molecule has 0 bridgehead atoms. The molecule has 148 valence electrons. The number of hydrogen-bond acceptors (Lipinski definition) is 4. The molecule has 2 aliphatic rings. The van der Waals surface area contributed by atoms with E-state index in [1.54, 1.807) is 0 Å². The standard InChI is InChI=1S/C21H30N2O3S/c24-20(22-13-16-7-2-1-3-8-16)15-27-19-11-5-4-10-18(19)21(25)23-14-17-9-6-12-26-17/h4-5,10-11,16-17H,1-3,6-9,12-15H2,(H,22,24)(H,23,25). The molecular weight excluding hydrogens is 360 g/mol. The van der Waals surface area contributed by atoms with Crippen molar-refractivity contribution in [3.8, 4) is 0 Å². The second kappa shape index (κ2) is 10.7. The van der Waals surface area contributed by atoms with Crippen molar-refractivity contribution in [2.24, 2.45) is 5.92 Å². The molecule has 1 saturated carbocycles. The van der Waals surface area contributed by atoms with Gasteiger partial charge in [-0.3, -0.25) is 9.59 Å². The molecular formula is C21H30N2O3S. The fourth-order valence-electron chi connectivity index (χ4n) is 3.73. The van der Waals surface area contributed by atoms with Crippen molar-refractivity contribution in [2.75, 3.05) is 25.4 Å². The molecule has 6 heteroatoms. The lowest BCUT2D eigenvalue weighted by atomic mass is 9.89. The van der Waals surface area contributed by atoms with Crippen molar-refractivity contribution in [3.63, 3.8) is 0 Å². The topological polar surface area (TPSA) is 67.4 Å². The molecule has 1 unspecified atom stereocenters. The second-order valence-corrected chi connectivity index (χ2v) is 8.46. The minimum absolute atomic E-state index is 0.0418. The smallest absolute Gasteiger partial charge is 0.252 e. The lowest BCUT2D eigenvalue weighted by molar-refractivity contribution is -0.118. The van der Waals surface area contributed by atoms with Crippen molar-refractivity contribution in [1.82, 2.24) is 10.6 Å². The minimum atomic E-state index is -0.101. The van der Waals surface area contributed by atoms with Crippen LogP contribution in [-0.4, -0.2) is 43.4 Å². The maximum atomic E-state index is 12.5. The van der Waals surface area contributed by atoms with E-state index in [0.717, 1.165) is 30.9 Å². The Morgan fingerprint density at radius 3 is 2.59 bits per heavy atom. The molecule has 1 aliphatic carbocycles. The molecule has 1 aliphatic heterocycles. The number of rotatable bonds is 8. The monoisotopic (exact) mass is 390 g/mol. The molecule has 1 atom stereocenters. The SMILES string of the molecule is O=C(CSc1ccccc1C(=O)NCC1CCCO1)NCC1CCCCC1. The maximum absolute atomic E-state index is 12.5. The summed E-state index contributed by atoms with van der Waals surface area (Å²) < 4.78 is 5.55. The summed E-state index contributed by atoms with van der Waals surface area (Å²) in [5, 5.41) is 6.02. The fourth-order valence-corrected chi connectivity index (χ4v) is 4.61. The number of carbonyl (C=O) groups excluding carboxylic acids is 2. The van der Waals surface area contributed by atoms with E-state index in [2.05, 4.69) is 10.6 Å². The van der Waals surface area contributed by atoms with E-state index in [-0.39, 0.29) is 17.9 Å². The largest absolute Gasteiger partial charge is 0.376 e. The van der Waals surface area contributed by atoms with Gasteiger partial charge in [0.1, 0.15) is 0 Å². The zero-order valence-electron chi connectivity index (χ0n) is 15.9. The number of hydrogen-bond donors (Lipinski definition) is 2. The van der Waals surface area contributed by atoms with Crippen molar-refractivity contribution in [3.05, 3.63) is 29.8 Å². The summed E-state index contributed by atoms with van der Waals surface area (Å²) in [6.07, 6.45) is 8.52. The highest BCUT2D eigenvalue weighted by atomic mass is 32.2. The Kier molecular flexibility index (Phi) is 8.02. The average Bonchev–Trinajstić information content (AvgIpc) is 3.23. The van der Waals surface area contributed by atoms with Gasteiger partial charge in [0.15, 0.2) is 0 Å².